The number of nitrogens with one attached hydrogen (secondary N) is 1. The minimum Gasteiger partial charge on any atom is -0.406 e. The fraction of sp³-hybridized carbons (Fsp3) is 0.235. The summed E-state index contributed by atoms with van der Waals surface area (Å²) in [4.78, 5) is 11.4. The fourth-order valence-corrected chi connectivity index (χ4v) is 2.15. The molecule has 0 saturated carbocycles. The van der Waals surface area contributed by atoms with Crippen molar-refractivity contribution < 1.29 is 22.7 Å². The maximum Gasteiger partial charge on any atom is 0.573 e. The number of halogens is 3. The van der Waals surface area contributed by atoms with Gasteiger partial charge in [-0.25, -0.2) is 0 Å². The van der Waals surface area contributed by atoms with Gasteiger partial charge in [0.2, 0.25) is 5.91 Å². The number of hydrogen-bond acceptors (Lipinski definition) is 3. The SMILES string of the molecule is NCCC(=O)NCc1cccc(-c2cccc(OC(F)(F)F)c2)c1. The van der Waals surface area contributed by atoms with Crippen molar-refractivity contribution in [1.82, 2.24) is 5.32 Å². The van der Waals surface area contributed by atoms with Crippen molar-refractivity contribution in [2.75, 3.05) is 6.54 Å². The Balaban J connectivity index is 2.13. The van der Waals surface area contributed by atoms with E-state index in [-0.39, 0.29) is 24.6 Å². The van der Waals surface area contributed by atoms with E-state index < -0.39 is 6.36 Å². The van der Waals surface area contributed by atoms with E-state index in [9.17, 15) is 18.0 Å². The molecule has 3 N–H and O–H groups in total. The second-order valence-electron chi connectivity index (χ2n) is 5.09. The van der Waals surface area contributed by atoms with Gasteiger partial charge in [-0.15, -0.1) is 13.2 Å². The lowest BCUT2D eigenvalue weighted by Gasteiger charge is -2.11. The van der Waals surface area contributed by atoms with Crippen LogP contribution >= 0.6 is 0 Å². The van der Waals surface area contributed by atoms with E-state index in [1.807, 2.05) is 6.07 Å². The number of alkyl halides is 3. The highest BCUT2D eigenvalue weighted by atomic mass is 19.4. The van der Waals surface area contributed by atoms with Gasteiger partial charge in [-0.2, -0.15) is 0 Å². The minimum atomic E-state index is -4.73. The molecule has 0 radical (unpaired) electrons. The van der Waals surface area contributed by atoms with Crippen LogP contribution in [0.3, 0.4) is 0 Å². The molecule has 0 unspecified atom stereocenters. The van der Waals surface area contributed by atoms with Crippen LogP contribution in [0, 0.1) is 0 Å². The Kier molecular flexibility index (Phi) is 5.81. The van der Waals surface area contributed by atoms with Gasteiger partial charge in [0.05, 0.1) is 0 Å². The summed E-state index contributed by atoms with van der Waals surface area (Å²) in [6, 6.07) is 12.9. The number of hydrogen-bond donors (Lipinski definition) is 2. The van der Waals surface area contributed by atoms with Gasteiger partial charge in [-0.05, 0) is 34.9 Å². The molecule has 0 heterocycles. The van der Waals surface area contributed by atoms with E-state index in [2.05, 4.69) is 10.1 Å². The minimum absolute atomic E-state index is 0.150. The van der Waals surface area contributed by atoms with Crippen molar-refractivity contribution >= 4 is 5.91 Å². The van der Waals surface area contributed by atoms with Gasteiger partial charge in [-0.1, -0.05) is 30.3 Å². The van der Waals surface area contributed by atoms with Gasteiger partial charge in [0, 0.05) is 19.5 Å². The number of amides is 1. The molecule has 7 heteroatoms. The zero-order valence-electron chi connectivity index (χ0n) is 12.8. The molecule has 0 fully saturated rings. The normalized spacial score (nSPS) is 11.2. The summed E-state index contributed by atoms with van der Waals surface area (Å²) in [6.07, 6.45) is -4.48. The first kappa shape index (κ1) is 17.8. The first-order chi connectivity index (χ1) is 11.4. The van der Waals surface area contributed by atoms with Crippen molar-refractivity contribution in [2.45, 2.75) is 19.3 Å². The Morgan fingerprint density at radius 2 is 1.75 bits per heavy atom. The zero-order valence-corrected chi connectivity index (χ0v) is 12.8. The summed E-state index contributed by atoms with van der Waals surface area (Å²) in [5.41, 5.74) is 7.46. The number of rotatable bonds is 6. The molecule has 1 amide bonds. The van der Waals surface area contributed by atoms with Gasteiger partial charge in [0.15, 0.2) is 0 Å². The summed E-state index contributed by atoms with van der Waals surface area (Å²) in [6.45, 7) is 0.600. The van der Waals surface area contributed by atoms with E-state index in [0.717, 1.165) is 11.1 Å². The number of nitrogens with two attached hydrogens (primary N) is 1. The van der Waals surface area contributed by atoms with Gasteiger partial charge >= 0.3 is 6.36 Å². The Morgan fingerprint density at radius 1 is 1.08 bits per heavy atom. The van der Waals surface area contributed by atoms with Gasteiger partial charge in [-0.3, -0.25) is 4.79 Å². The highest BCUT2D eigenvalue weighted by Crippen LogP contribution is 2.28. The lowest BCUT2D eigenvalue weighted by atomic mass is 10.0. The number of carbonyl (C=O) groups is 1. The molecule has 2 aromatic rings. The Labute approximate surface area is 137 Å². The average Bonchev–Trinajstić information content (AvgIpc) is 2.52. The lowest BCUT2D eigenvalue weighted by molar-refractivity contribution is -0.274. The Bertz CT molecular complexity index is 702. The van der Waals surface area contributed by atoms with Gasteiger partial charge in [0.1, 0.15) is 5.75 Å². The van der Waals surface area contributed by atoms with Crippen LogP contribution in [0.15, 0.2) is 48.5 Å². The summed E-state index contributed by atoms with van der Waals surface area (Å²) in [7, 11) is 0. The summed E-state index contributed by atoms with van der Waals surface area (Å²) in [5, 5.41) is 2.73. The van der Waals surface area contributed by atoms with E-state index >= 15 is 0 Å². The van der Waals surface area contributed by atoms with Crippen LogP contribution < -0.4 is 15.8 Å². The number of carbonyl (C=O) groups excluding carboxylic acids is 1. The maximum absolute atomic E-state index is 12.3. The third kappa shape index (κ3) is 5.58. The zero-order chi connectivity index (χ0) is 17.6. The topological polar surface area (TPSA) is 64.4 Å². The van der Waals surface area contributed by atoms with E-state index in [0.29, 0.717) is 12.1 Å². The fourth-order valence-electron chi connectivity index (χ4n) is 2.15. The Hall–Kier alpha value is -2.54. The quantitative estimate of drug-likeness (QED) is 0.850. The second kappa shape index (κ2) is 7.83. The van der Waals surface area contributed by atoms with Crippen molar-refractivity contribution in [3.8, 4) is 16.9 Å². The third-order valence-electron chi connectivity index (χ3n) is 3.19. The van der Waals surface area contributed by atoms with Crippen molar-refractivity contribution in [2.24, 2.45) is 5.73 Å². The summed E-state index contributed by atoms with van der Waals surface area (Å²) >= 11 is 0. The van der Waals surface area contributed by atoms with Crippen LogP contribution in [0.5, 0.6) is 5.75 Å². The summed E-state index contributed by atoms with van der Waals surface area (Å²) < 4.78 is 40.9. The number of ether oxygens (including phenoxy) is 1. The molecule has 0 aromatic heterocycles. The van der Waals surface area contributed by atoms with Crippen LogP contribution in [0.25, 0.3) is 11.1 Å². The average molecular weight is 338 g/mol. The van der Waals surface area contributed by atoms with Gasteiger partial charge < -0.3 is 15.8 Å². The van der Waals surface area contributed by atoms with Crippen molar-refractivity contribution in [3.63, 3.8) is 0 Å². The van der Waals surface area contributed by atoms with Crippen LogP contribution in [0.1, 0.15) is 12.0 Å². The molecule has 0 aliphatic carbocycles. The maximum atomic E-state index is 12.3. The van der Waals surface area contributed by atoms with Crippen LogP contribution in [0.2, 0.25) is 0 Å². The molecule has 0 saturated heterocycles. The third-order valence-corrected chi connectivity index (χ3v) is 3.19. The highest BCUT2D eigenvalue weighted by molar-refractivity contribution is 5.76. The summed E-state index contributed by atoms with van der Waals surface area (Å²) in [5.74, 6) is -0.426. The predicted molar refractivity (Wildman–Crippen MR) is 84.1 cm³/mol. The predicted octanol–water partition coefficient (Wildman–Crippen LogP) is 3.22. The molecule has 4 nitrogen and oxygen atoms in total. The largest absolute Gasteiger partial charge is 0.573 e. The molecule has 2 rings (SSSR count). The Morgan fingerprint density at radius 3 is 2.42 bits per heavy atom. The highest BCUT2D eigenvalue weighted by Gasteiger charge is 2.31. The molecule has 2 aromatic carbocycles. The van der Waals surface area contributed by atoms with Crippen molar-refractivity contribution in [1.29, 1.82) is 0 Å². The molecule has 0 aliphatic rings. The van der Waals surface area contributed by atoms with Crippen LogP contribution in [-0.4, -0.2) is 18.8 Å². The molecule has 128 valence electrons. The van der Waals surface area contributed by atoms with Gasteiger partial charge in [0.25, 0.3) is 0 Å². The second-order valence-corrected chi connectivity index (χ2v) is 5.09. The first-order valence-electron chi connectivity index (χ1n) is 7.29. The standard InChI is InChI=1S/C17H17F3N2O2/c18-17(19,20)24-15-6-2-5-14(10-15)13-4-1-3-12(9-13)11-22-16(23)7-8-21/h1-6,9-10H,7-8,11,21H2,(H,22,23). The molecular weight excluding hydrogens is 321 g/mol. The first-order valence-corrected chi connectivity index (χ1v) is 7.29. The monoisotopic (exact) mass is 338 g/mol. The molecule has 0 aliphatic heterocycles. The van der Waals surface area contributed by atoms with E-state index in [4.69, 9.17) is 5.73 Å². The van der Waals surface area contributed by atoms with E-state index in [1.54, 1.807) is 24.3 Å². The van der Waals surface area contributed by atoms with Crippen molar-refractivity contribution in [3.05, 3.63) is 54.1 Å². The van der Waals surface area contributed by atoms with Crippen LogP contribution in [-0.2, 0) is 11.3 Å². The molecule has 0 bridgehead atoms. The molecule has 0 atom stereocenters. The molecular formula is C17H17F3N2O2. The molecule has 24 heavy (non-hydrogen) atoms. The lowest BCUT2D eigenvalue weighted by Crippen LogP contribution is -2.24. The smallest absolute Gasteiger partial charge is 0.406 e. The molecule has 0 spiro atoms. The van der Waals surface area contributed by atoms with E-state index in [1.165, 1.54) is 18.2 Å². The van der Waals surface area contributed by atoms with Crippen LogP contribution in [0.4, 0.5) is 13.2 Å². The number of benzene rings is 2.